The molecule has 1 amide bonds. The summed E-state index contributed by atoms with van der Waals surface area (Å²) >= 11 is 5.89. The highest BCUT2D eigenvalue weighted by atomic mass is 35.5. The lowest BCUT2D eigenvalue weighted by Crippen LogP contribution is -2.41. The van der Waals surface area contributed by atoms with Gasteiger partial charge in [-0.3, -0.25) is 4.79 Å². The first kappa shape index (κ1) is 20.2. The van der Waals surface area contributed by atoms with Crippen LogP contribution in [-0.2, 0) is 14.8 Å². The first-order chi connectivity index (χ1) is 12.1. The highest BCUT2D eigenvalue weighted by molar-refractivity contribution is 7.89. The molecular formula is C18H21ClN2O4S. The number of carbonyl (C=O) groups excluding carboxylic acids is 1. The summed E-state index contributed by atoms with van der Waals surface area (Å²) in [5.74, 6) is -0.332. The van der Waals surface area contributed by atoms with Gasteiger partial charge in [0.05, 0.1) is 13.2 Å². The maximum atomic E-state index is 12.6. The molecule has 26 heavy (non-hydrogen) atoms. The van der Waals surface area contributed by atoms with Crippen molar-refractivity contribution in [3.05, 3.63) is 52.5 Å². The molecule has 0 saturated heterocycles. The predicted molar refractivity (Wildman–Crippen MR) is 102 cm³/mol. The summed E-state index contributed by atoms with van der Waals surface area (Å²) in [6.07, 6.45) is 0. The van der Waals surface area contributed by atoms with Gasteiger partial charge in [-0.1, -0.05) is 17.7 Å². The molecule has 2 N–H and O–H groups in total. The summed E-state index contributed by atoms with van der Waals surface area (Å²) < 4.78 is 32.6. The molecule has 0 aliphatic carbocycles. The Balaban J connectivity index is 2.17. The second-order valence-electron chi connectivity index (χ2n) is 5.93. The predicted octanol–water partition coefficient (Wildman–Crippen LogP) is 3.27. The Morgan fingerprint density at radius 1 is 1.12 bits per heavy atom. The fourth-order valence-electron chi connectivity index (χ4n) is 2.28. The van der Waals surface area contributed by atoms with Gasteiger partial charge in [0, 0.05) is 10.7 Å². The topological polar surface area (TPSA) is 84.5 Å². The number of hydrogen-bond acceptors (Lipinski definition) is 4. The average molecular weight is 397 g/mol. The van der Waals surface area contributed by atoms with Crippen molar-refractivity contribution in [2.45, 2.75) is 31.7 Å². The van der Waals surface area contributed by atoms with Gasteiger partial charge in [0.15, 0.2) is 0 Å². The molecule has 0 heterocycles. The van der Waals surface area contributed by atoms with Crippen LogP contribution in [0.4, 0.5) is 5.69 Å². The summed E-state index contributed by atoms with van der Waals surface area (Å²) in [5.41, 5.74) is 2.73. The molecule has 0 aliphatic rings. The molecule has 0 aromatic heterocycles. The van der Waals surface area contributed by atoms with E-state index in [1.54, 1.807) is 6.07 Å². The van der Waals surface area contributed by atoms with E-state index in [1.165, 1.54) is 32.2 Å². The van der Waals surface area contributed by atoms with Crippen molar-refractivity contribution in [3.63, 3.8) is 0 Å². The van der Waals surface area contributed by atoms with Gasteiger partial charge in [-0.15, -0.1) is 0 Å². The third-order valence-electron chi connectivity index (χ3n) is 3.91. The van der Waals surface area contributed by atoms with Crippen molar-refractivity contribution < 1.29 is 17.9 Å². The lowest BCUT2D eigenvalue weighted by atomic mass is 10.1. The zero-order valence-corrected chi connectivity index (χ0v) is 16.5. The average Bonchev–Trinajstić information content (AvgIpc) is 2.57. The number of methoxy groups -OCH3 is 1. The number of hydrogen-bond donors (Lipinski definition) is 2. The molecule has 0 fully saturated rings. The number of ether oxygens (including phenoxy) is 1. The number of anilines is 1. The van der Waals surface area contributed by atoms with E-state index in [0.717, 1.165) is 11.1 Å². The number of carbonyl (C=O) groups is 1. The highest BCUT2D eigenvalue weighted by Crippen LogP contribution is 2.27. The zero-order valence-electron chi connectivity index (χ0n) is 15.0. The Bertz CT molecular complexity index is 929. The molecule has 0 spiro atoms. The molecule has 0 aliphatic heterocycles. The molecule has 0 bridgehead atoms. The van der Waals surface area contributed by atoms with Crippen molar-refractivity contribution >= 4 is 33.2 Å². The Labute approximate surface area is 158 Å². The molecule has 2 aromatic carbocycles. The minimum Gasteiger partial charge on any atom is -0.495 e. The Kier molecular flexibility index (Phi) is 6.28. The van der Waals surface area contributed by atoms with Crippen molar-refractivity contribution in [1.29, 1.82) is 0 Å². The zero-order chi connectivity index (χ0) is 19.5. The number of amides is 1. The SMILES string of the molecule is COc1ccc(Cl)cc1S(=O)(=O)N[C@@H](C)C(=O)Nc1ccc(C)c(C)c1. The number of halogens is 1. The molecule has 140 valence electrons. The minimum atomic E-state index is -4.00. The van der Waals surface area contributed by atoms with E-state index in [-0.39, 0.29) is 15.7 Å². The molecule has 0 saturated carbocycles. The molecule has 2 rings (SSSR count). The third-order valence-corrected chi connectivity index (χ3v) is 5.71. The van der Waals surface area contributed by atoms with Crippen LogP contribution in [0.3, 0.4) is 0 Å². The molecule has 0 radical (unpaired) electrons. The van der Waals surface area contributed by atoms with Gasteiger partial charge in [0.2, 0.25) is 15.9 Å². The fraction of sp³-hybridized carbons (Fsp3) is 0.278. The standard InChI is InChI=1S/C18H21ClN2O4S/c1-11-5-7-15(9-12(11)2)20-18(22)13(3)21-26(23,24)17-10-14(19)6-8-16(17)25-4/h5-10,13,21H,1-4H3,(H,20,22)/t13-/m0/s1. The first-order valence-corrected chi connectivity index (χ1v) is 9.74. The van der Waals surface area contributed by atoms with Crippen LogP contribution in [0.1, 0.15) is 18.1 Å². The second kappa shape index (κ2) is 8.07. The van der Waals surface area contributed by atoms with E-state index in [9.17, 15) is 13.2 Å². The third kappa shape index (κ3) is 4.75. The Morgan fingerprint density at radius 2 is 1.81 bits per heavy atom. The van der Waals surface area contributed by atoms with Crippen molar-refractivity contribution in [2.75, 3.05) is 12.4 Å². The summed E-state index contributed by atoms with van der Waals surface area (Å²) in [5, 5.41) is 2.95. The minimum absolute atomic E-state index is 0.127. The Morgan fingerprint density at radius 3 is 2.42 bits per heavy atom. The lowest BCUT2D eigenvalue weighted by Gasteiger charge is -2.16. The van der Waals surface area contributed by atoms with E-state index in [4.69, 9.17) is 16.3 Å². The van der Waals surface area contributed by atoms with E-state index < -0.39 is 22.0 Å². The first-order valence-electron chi connectivity index (χ1n) is 7.88. The van der Waals surface area contributed by atoms with Gasteiger partial charge in [0.25, 0.3) is 0 Å². The highest BCUT2D eigenvalue weighted by Gasteiger charge is 2.25. The molecule has 8 heteroatoms. The second-order valence-corrected chi connectivity index (χ2v) is 8.05. The van der Waals surface area contributed by atoms with Crippen LogP contribution >= 0.6 is 11.6 Å². The Hall–Kier alpha value is -2.09. The van der Waals surface area contributed by atoms with Gasteiger partial charge < -0.3 is 10.1 Å². The maximum Gasteiger partial charge on any atom is 0.245 e. The number of nitrogens with one attached hydrogen (secondary N) is 2. The van der Waals surface area contributed by atoms with Crippen LogP contribution in [0.15, 0.2) is 41.3 Å². The number of sulfonamides is 1. The van der Waals surface area contributed by atoms with Gasteiger partial charge in [0.1, 0.15) is 10.6 Å². The molecule has 6 nitrogen and oxygen atoms in total. The molecule has 0 unspecified atom stereocenters. The number of rotatable bonds is 6. The quantitative estimate of drug-likeness (QED) is 0.784. The summed E-state index contributed by atoms with van der Waals surface area (Å²) in [6.45, 7) is 5.36. The van der Waals surface area contributed by atoms with Crippen molar-refractivity contribution in [3.8, 4) is 5.75 Å². The fourth-order valence-corrected chi connectivity index (χ4v) is 3.91. The molecule has 2 aromatic rings. The number of aryl methyl sites for hydroxylation is 2. The van der Waals surface area contributed by atoms with Gasteiger partial charge in [-0.2, -0.15) is 4.72 Å². The van der Waals surface area contributed by atoms with Crippen molar-refractivity contribution in [2.24, 2.45) is 0 Å². The van der Waals surface area contributed by atoms with Crippen LogP contribution in [0.2, 0.25) is 5.02 Å². The van der Waals surface area contributed by atoms with E-state index >= 15 is 0 Å². The van der Waals surface area contributed by atoms with Crippen LogP contribution in [0.5, 0.6) is 5.75 Å². The molecule has 1 atom stereocenters. The van der Waals surface area contributed by atoms with E-state index in [0.29, 0.717) is 5.69 Å². The van der Waals surface area contributed by atoms with Gasteiger partial charge in [-0.25, -0.2) is 8.42 Å². The largest absolute Gasteiger partial charge is 0.495 e. The van der Waals surface area contributed by atoms with Crippen LogP contribution in [0.25, 0.3) is 0 Å². The summed E-state index contributed by atoms with van der Waals surface area (Å²) in [7, 11) is -2.64. The maximum absolute atomic E-state index is 12.6. The molecular weight excluding hydrogens is 376 g/mol. The van der Waals surface area contributed by atoms with Crippen LogP contribution in [0, 0.1) is 13.8 Å². The van der Waals surface area contributed by atoms with Gasteiger partial charge >= 0.3 is 0 Å². The monoisotopic (exact) mass is 396 g/mol. The van der Waals surface area contributed by atoms with Crippen molar-refractivity contribution in [1.82, 2.24) is 4.72 Å². The van der Waals surface area contributed by atoms with Gasteiger partial charge in [-0.05, 0) is 62.2 Å². The summed E-state index contributed by atoms with van der Waals surface area (Å²) in [6, 6.07) is 8.74. The lowest BCUT2D eigenvalue weighted by molar-refractivity contribution is -0.117. The normalized spacial score (nSPS) is 12.5. The smallest absolute Gasteiger partial charge is 0.245 e. The van der Waals surface area contributed by atoms with E-state index in [1.807, 2.05) is 26.0 Å². The van der Waals surface area contributed by atoms with Crippen LogP contribution < -0.4 is 14.8 Å². The van der Waals surface area contributed by atoms with Crippen LogP contribution in [-0.4, -0.2) is 27.5 Å². The van der Waals surface area contributed by atoms with E-state index in [2.05, 4.69) is 10.0 Å². The summed E-state index contributed by atoms with van der Waals surface area (Å²) in [4.78, 5) is 12.2. The number of benzene rings is 2.